The van der Waals surface area contributed by atoms with Crippen molar-refractivity contribution in [2.45, 2.75) is 32.9 Å². The van der Waals surface area contributed by atoms with Crippen LogP contribution in [0.1, 0.15) is 20.8 Å². The highest BCUT2D eigenvalue weighted by molar-refractivity contribution is 8.08. The van der Waals surface area contributed by atoms with Gasteiger partial charge in [0.25, 0.3) is 0 Å². The van der Waals surface area contributed by atoms with Crippen LogP contribution in [0.25, 0.3) is 0 Å². The average Bonchev–Trinajstić information content (AvgIpc) is 2.27. The van der Waals surface area contributed by atoms with E-state index < -0.39 is 18.7 Å². The number of hydrogen-bond acceptors (Lipinski definition) is 4. The van der Waals surface area contributed by atoms with Gasteiger partial charge in [0.1, 0.15) is 11.8 Å². The highest BCUT2D eigenvalue weighted by Gasteiger charge is 2.24. The Bertz CT molecular complexity index is 466. The van der Waals surface area contributed by atoms with Gasteiger partial charge in [-0.3, -0.25) is 4.79 Å². The number of esters is 1. The number of ether oxygens (including phenoxy) is 1. The number of benzene rings is 1. The molecule has 0 aliphatic rings. The van der Waals surface area contributed by atoms with Crippen LogP contribution >= 0.6 is 6.64 Å². The fraction of sp³-hybridized carbons (Fsp3) is 0.417. The lowest BCUT2D eigenvalue weighted by atomic mass is 10.3. The van der Waals surface area contributed by atoms with Gasteiger partial charge in [-0.1, -0.05) is 18.2 Å². The van der Waals surface area contributed by atoms with Crippen molar-refractivity contribution in [3.05, 3.63) is 30.3 Å². The van der Waals surface area contributed by atoms with Crippen molar-refractivity contribution in [1.82, 2.24) is 5.09 Å². The third kappa shape index (κ3) is 6.16. The predicted octanol–water partition coefficient (Wildman–Crippen LogP) is 2.21. The zero-order chi connectivity index (χ0) is 14.5. The smallest absolute Gasteiger partial charge is 0.323 e. The van der Waals surface area contributed by atoms with Crippen molar-refractivity contribution >= 4 is 24.4 Å². The molecule has 0 aliphatic carbocycles. The number of carbonyl (C=O) groups is 1. The normalized spacial score (nSPS) is 15.6. The van der Waals surface area contributed by atoms with E-state index in [0.717, 1.165) is 0 Å². The second-order valence-electron chi connectivity index (χ2n) is 4.26. The van der Waals surface area contributed by atoms with Crippen LogP contribution in [0.3, 0.4) is 0 Å². The zero-order valence-corrected chi connectivity index (χ0v) is 12.8. The highest BCUT2D eigenvalue weighted by atomic mass is 32.5. The van der Waals surface area contributed by atoms with Crippen molar-refractivity contribution < 1.29 is 18.9 Å². The van der Waals surface area contributed by atoms with Crippen molar-refractivity contribution in [2.24, 2.45) is 0 Å². The molecule has 0 bridgehead atoms. The summed E-state index contributed by atoms with van der Waals surface area (Å²) in [6, 6.07) is 7.97. The SMILES string of the molecule is CC(C)OC(=O)[C@H](C)NP(O)(=S)Oc1ccccc1. The van der Waals surface area contributed by atoms with E-state index in [-0.39, 0.29) is 6.10 Å². The second kappa shape index (κ2) is 7.01. The van der Waals surface area contributed by atoms with Crippen molar-refractivity contribution in [1.29, 1.82) is 0 Å². The minimum absolute atomic E-state index is 0.219. The lowest BCUT2D eigenvalue weighted by molar-refractivity contribution is -0.149. The minimum atomic E-state index is -3.29. The maximum Gasteiger partial charge on any atom is 0.323 e. The number of nitrogens with one attached hydrogen (secondary N) is 1. The topological polar surface area (TPSA) is 67.8 Å². The monoisotopic (exact) mass is 303 g/mol. The molecule has 1 aromatic carbocycles. The molecule has 7 heteroatoms. The molecule has 1 unspecified atom stereocenters. The van der Waals surface area contributed by atoms with E-state index in [1.165, 1.54) is 0 Å². The summed E-state index contributed by atoms with van der Waals surface area (Å²) < 4.78 is 10.3. The zero-order valence-electron chi connectivity index (χ0n) is 11.1. The lowest BCUT2D eigenvalue weighted by Crippen LogP contribution is -2.35. The number of para-hydroxylation sites is 1. The molecule has 0 radical (unpaired) electrons. The van der Waals surface area contributed by atoms with Gasteiger partial charge >= 0.3 is 12.6 Å². The van der Waals surface area contributed by atoms with Gasteiger partial charge in [0.15, 0.2) is 0 Å². The molecule has 5 nitrogen and oxygen atoms in total. The molecule has 0 aliphatic heterocycles. The van der Waals surface area contributed by atoms with E-state index in [2.05, 4.69) is 5.09 Å². The summed E-state index contributed by atoms with van der Waals surface area (Å²) in [5.74, 6) is -0.0276. The predicted molar refractivity (Wildman–Crippen MR) is 77.4 cm³/mol. The molecule has 2 N–H and O–H groups in total. The van der Waals surface area contributed by atoms with Gasteiger partial charge in [-0.25, -0.2) is 5.09 Å². The fourth-order valence-corrected chi connectivity index (χ4v) is 3.07. The molecule has 0 saturated heterocycles. The van der Waals surface area contributed by atoms with Crippen LogP contribution in [0.15, 0.2) is 30.3 Å². The molecule has 1 rings (SSSR count). The first-order valence-corrected chi connectivity index (χ1v) is 8.53. The molecule has 2 atom stereocenters. The van der Waals surface area contributed by atoms with Gasteiger partial charge in [-0.15, -0.1) is 0 Å². The van der Waals surface area contributed by atoms with Crippen LogP contribution in [-0.4, -0.2) is 23.0 Å². The Morgan fingerprint density at radius 2 is 1.89 bits per heavy atom. The summed E-state index contributed by atoms with van der Waals surface area (Å²) >= 11 is 4.96. The summed E-state index contributed by atoms with van der Waals surface area (Å²) in [4.78, 5) is 21.6. The van der Waals surface area contributed by atoms with Gasteiger partial charge in [0.05, 0.1) is 6.10 Å². The third-order valence-electron chi connectivity index (χ3n) is 2.03. The molecular formula is C12H18NO4PS. The van der Waals surface area contributed by atoms with Crippen LogP contribution < -0.4 is 9.61 Å². The molecular weight excluding hydrogens is 285 g/mol. The van der Waals surface area contributed by atoms with Gasteiger partial charge < -0.3 is 14.2 Å². The van der Waals surface area contributed by atoms with Crippen molar-refractivity contribution in [3.8, 4) is 5.75 Å². The van der Waals surface area contributed by atoms with Gasteiger partial charge in [-0.2, -0.15) is 0 Å². The van der Waals surface area contributed by atoms with Crippen molar-refractivity contribution in [2.75, 3.05) is 0 Å². The van der Waals surface area contributed by atoms with Crippen LogP contribution in [0, 0.1) is 0 Å². The summed E-state index contributed by atoms with van der Waals surface area (Å²) in [5.41, 5.74) is 0. The van der Waals surface area contributed by atoms with Crippen LogP contribution in [-0.2, 0) is 21.3 Å². The largest absolute Gasteiger partial charge is 0.462 e. The second-order valence-corrected chi connectivity index (χ2v) is 7.23. The summed E-state index contributed by atoms with van der Waals surface area (Å²) in [5, 5.41) is 2.59. The van der Waals surface area contributed by atoms with Crippen molar-refractivity contribution in [3.63, 3.8) is 0 Å². The Morgan fingerprint density at radius 1 is 1.32 bits per heavy atom. The van der Waals surface area contributed by atoms with E-state index in [4.69, 9.17) is 21.1 Å². The maximum absolute atomic E-state index is 11.6. The maximum atomic E-state index is 11.6. The Morgan fingerprint density at radius 3 is 2.42 bits per heavy atom. The molecule has 0 fully saturated rings. The summed E-state index contributed by atoms with van der Waals surface area (Å²) in [6.07, 6.45) is -0.219. The van der Waals surface area contributed by atoms with Crippen LogP contribution in [0.4, 0.5) is 0 Å². The van der Waals surface area contributed by atoms with Crippen LogP contribution in [0.5, 0.6) is 5.75 Å². The number of rotatable bonds is 6. The highest BCUT2D eigenvalue weighted by Crippen LogP contribution is 2.39. The quantitative estimate of drug-likeness (QED) is 0.620. The van der Waals surface area contributed by atoms with Gasteiger partial charge in [0, 0.05) is 0 Å². The minimum Gasteiger partial charge on any atom is -0.462 e. The molecule has 106 valence electrons. The molecule has 0 amide bonds. The van der Waals surface area contributed by atoms with E-state index in [1.54, 1.807) is 45.0 Å². The number of carbonyl (C=O) groups excluding carboxylic acids is 1. The average molecular weight is 303 g/mol. The lowest BCUT2D eigenvalue weighted by Gasteiger charge is -2.22. The molecule has 0 saturated carbocycles. The fourth-order valence-electron chi connectivity index (χ4n) is 1.28. The summed E-state index contributed by atoms with van der Waals surface area (Å²) in [6.45, 7) is 1.78. The molecule has 0 heterocycles. The Labute approximate surface area is 118 Å². The van der Waals surface area contributed by atoms with Gasteiger partial charge in [-0.05, 0) is 44.7 Å². The van der Waals surface area contributed by atoms with E-state index in [1.807, 2.05) is 6.07 Å². The van der Waals surface area contributed by atoms with E-state index in [9.17, 15) is 9.69 Å². The standard InChI is InChI=1S/C12H18NO4PS/c1-9(2)16-12(14)10(3)13-18(15,19)17-11-7-5-4-6-8-11/h4-10H,1-3H3,(H2,13,15,19)/t10-,18?/m0/s1. The first-order chi connectivity index (χ1) is 8.80. The molecule has 19 heavy (non-hydrogen) atoms. The Hall–Kier alpha value is -0.940. The Balaban J connectivity index is 2.59. The van der Waals surface area contributed by atoms with E-state index >= 15 is 0 Å². The van der Waals surface area contributed by atoms with Gasteiger partial charge in [0.2, 0.25) is 0 Å². The first-order valence-electron chi connectivity index (χ1n) is 5.86. The van der Waals surface area contributed by atoms with E-state index in [0.29, 0.717) is 5.75 Å². The first kappa shape index (κ1) is 16.1. The molecule has 1 aromatic rings. The Kier molecular flexibility index (Phi) is 5.94. The third-order valence-corrected chi connectivity index (χ3v) is 3.75. The van der Waals surface area contributed by atoms with Crippen LogP contribution in [0.2, 0.25) is 0 Å². The number of hydrogen-bond donors (Lipinski definition) is 2. The summed E-state index contributed by atoms with van der Waals surface area (Å²) in [7, 11) is 0. The molecule has 0 spiro atoms. The molecule has 0 aromatic heterocycles.